The number of hydrogen-bond acceptors (Lipinski definition) is 10. The Bertz CT molecular complexity index is 2390. The molecule has 52 heavy (non-hydrogen) atoms. The molecule has 0 atom stereocenters. The molecule has 0 bridgehead atoms. The fourth-order valence-electron chi connectivity index (χ4n) is 6.62. The van der Waals surface area contributed by atoms with E-state index in [-0.39, 0.29) is 42.7 Å². The van der Waals surface area contributed by atoms with Crippen molar-refractivity contribution in [1.82, 2.24) is 0 Å². The van der Waals surface area contributed by atoms with Gasteiger partial charge in [-0.15, -0.1) is 0 Å². The summed E-state index contributed by atoms with van der Waals surface area (Å²) in [4.78, 5) is 11.5. The molecule has 0 radical (unpaired) electrons. The molecule has 0 saturated carbocycles. The van der Waals surface area contributed by atoms with Crippen molar-refractivity contribution in [2.75, 3.05) is 29.5 Å². The number of carboxylic acid groups (broad SMARTS) is 1. The Morgan fingerprint density at radius 1 is 0.788 bits per heavy atom. The summed E-state index contributed by atoms with van der Waals surface area (Å²) in [5, 5.41) is 9.58. The molecule has 0 fully saturated rings. The van der Waals surface area contributed by atoms with Gasteiger partial charge in [-0.1, -0.05) is 32.1 Å². The van der Waals surface area contributed by atoms with Crippen molar-refractivity contribution in [3.63, 3.8) is 0 Å². The molecule has 16 nitrogen and oxygen atoms in total. The Labute approximate surface area is 302 Å². The molecule has 0 aromatic heterocycles. The molecule has 0 aliphatic carbocycles. The lowest BCUT2D eigenvalue weighted by Crippen LogP contribution is -2.28. The molecule has 0 amide bonds. The zero-order chi connectivity index (χ0) is 39.2. The van der Waals surface area contributed by atoms with E-state index in [1.807, 2.05) is 18.4 Å². The molecule has 284 valence electrons. The summed E-state index contributed by atoms with van der Waals surface area (Å²) in [7, 11) is -18.7. The number of nitrogens with zero attached hydrogens (tertiary/aromatic N) is 2. The minimum absolute atomic E-state index is 0.0215. The fourth-order valence-corrected chi connectivity index (χ4v) is 9.10. The Morgan fingerprint density at radius 3 is 1.96 bits per heavy atom. The van der Waals surface area contributed by atoms with E-state index in [1.54, 1.807) is 56.4 Å². The van der Waals surface area contributed by atoms with E-state index in [0.29, 0.717) is 28.7 Å². The Morgan fingerprint density at radius 2 is 1.40 bits per heavy atom. The number of hydrogen-bond donors (Lipinski definition) is 5. The third-order valence-electron chi connectivity index (χ3n) is 8.91. The molecule has 2 heterocycles. The highest BCUT2D eigenvalue weighted by molar-refractivity contribution is 7.87. The third-order valence-corrected chi connectivity index (χ3v) is 12.2. The minimum atomic E-state index is -5.05. The quantitative estimate of drug-likeness (QED) is 0.104. The van der Waals surface area contributed by atoms with Crippen LogP contribution in [0.25, 0.3) is 0 Å². The van der Waals surface area contributed by atoms with Gasteiger partial charge in [0.25, 0.3) is 40.5 Å². The van der Waals surface area contributed by atoms with E-state index < -0.39 is 78.6 Å². The standard InChI is InChI=1S/C32H38N2O14S4/c1-31(2)23-18-21(30(35)36)12-13-24(23)33(14-8-16-49(37,38)39)27(31)10-6-5-7-11-28-32(3,4)29-25(34(28)15-9-17-50(40,41)42)19-22(51(43,44)45)20-26(29)52(46,47)48/h5-7,10-13,18-20H,8-9,14-17H2,1-4H3,(H4-,35,36,37,38,39,40,41,42,43,44,45,46,47,48)/p+1. The molecule has 2 aromatic rings. The normalized spacial score (nSPS) is 18.2. The summed E-state index contributed by atoms with van der Waals surface area (Å²) < 4.78 is 135. The van der Waals surface area contributed by atoms with Crippen molar-refractivity contribution in [1.29, 1.82) is 0 Å². The molecule has 0 unspecified atom stereocenters. The number of aromatic carboxylic acids is 1. The van der Waals surface area contributed by atoms with E-state index in [1.165, 1.54) is 11.0 Å². The van der Waals surface area contributed by atoms with E-state index in [9.17, 15) is 61.8 Å². The first-order valence-corrected chi connectivity index (χ1v) is 21.7. The monoisotopic (exact) mass is 803 g/mol. The number of carboxylic acids is 1. The van der Waals surface area contributed by atoms with Crippen LogP contribution < -0.4 is 4.90 Å². The number of fused-ring (bicyclic) bond motifs is 2. The lowest BCUT2D eigenvalue weighted by molar-refractivity contribution is -0.437. The zero-order valence-electron chi connectivity index (χ0n) is 28.5. The second-order valence-corrected chi connectivity index (χ2v) is 19.3. The summed E-state index contributed by atoms with van der Waals surface area (Å²) in [5.41, 5.74) is 0.340. The van der Waals surface area contributed by atoms with Crippen LogP contribution in [0.5, 0.6) is 0 Å². The van der Waals surface area contributed by atoms with Gasteiger partial charge in [-0.25, -0.2) is 4.79 Å². The highest BCUT2D eigenvalue weighted by atomic mass is 32.2. The maximum atomic E-state index is 12.5. The molecule has 4 rings (SSSR count). The summed E-state index contributed by atoms with van der Waals surface area (Å²) in [5.74, 6) is -2.31. The van der Waals surface area contributed by atoms with Crippen LogP contribution in [0.1, 0.15) is 62.0 Å². The predicted octanol–water partition coefficient (Wildman–Crippen LogP) is 3.60. The van der Waals surface area contributed by atoms with Crippen LogP contribution in [0.3, 0.4) is 0 Å². The van der Waals surface area contributed by atoms with Gasteiger partial charge in [0.1, 0.15) is 11.4 Å². The summed E-state index contributed by atoms with van der Waals surface area (Å²) in [6, 6.07) is 6.23. The number of rotatable bonds is 14. The van der Waals surface area contributed by atoms with Gasteiger partial charge in [0, 0.05) is 53.0 Å². The van der Waals surface area contributed by atoms with Crippen LogP contribution in [0.15, 0.2) is 76.2 Å². The van der Waals surface area contributed by atoms with Gasteiger partial charge < -0.3 is 10.0 Å². The van der Waals surface area contributed by atoms with E-state index >= 15 is 0 Å². The average molecular weight is 804 g/mol. The number of benzene rings is 2. The van der Waals surface area contributed by atoms with Gasteiger partial charge in [0.2, 0.25) is 5.69 Å². The van der Waals surface area contributed by atoms with Crippen LogP contribution in [0, 0.1) is 0 Å². The molecule has 2 aliphatic rings. The summed E-state index contributed by atoms with van der Waals surface area (Å²) >= 11 is 0. The fraction of sp³-hybridized carbons (Fsp3) is 0.375. The maximum Gasteiger partial charge on any atom is 0.335 e. The summed E-state index contributed by atoms with van der Waals surface area (Å²) in [6.07, 6.45) is 7.97. The van der Waals surface area contributed by atoms with Crippen molar-refractivity contribution >= 4 is 63.5 Å². The smallest absolute Gasteiger partial charge is 0.335 e. The van der Waals surface area contributed by atoms with Crippen molar-refractivity contribution in [3.05, 3.63) is 83.1 Å². The Kier molecular flexibility index (Phi) is 11.2. The predicted molar refractivity (Wildman–Crippen MR) is 191 cm³/mol. The molecule has 5 N–H and O–H groups in total. The maximum absolute atomic E-state index is 12.5. The average Bonchev–Trinajstić information content (AvgIpc) is 3.32. The van der Waals surface area contributed by atoms with Gasteiger partial charge in [-0.3, -0.25) is 18.2 Å². The topological polar surface area (TPSA) is 261 Å². The van der Waals surface area contributed by atoms with Crippen LogP contribution in [0.4, 0.5) is 11.4 Å². The highest BCUT2D eigenvalue weighted by Crippen LogP contribution is 2.51. The highest BCUT2D eigenvalue weighted by Gasteiger charge is 2.46. The first-order valence-electron chi connectivity index (χ1n) is 15.6. The first kappa shape index (κ1) is 41.0. The lowest BCUT2D eigenvalue weighted by atomic mass is 9.81. The second-order valence-electron chi connectivity index (χ2n) is 13.3. The van der Waals surface area contributed by atoms with Gasteiger partial charge in [0.05, 0.1) is 27.4 Å². The van der Waals surface area contributed by atoms with E-state index in [0.717, 1.165) is 6.07 Å². The van der Waals surface area contributed by atoms with Crippen molar-refractivity contribution in [2.45, 2.75) is 61.2 Å². The number of anilines is 1. The molecule has 2 aliphatic heterocycles. The second kappa shape index (κ2) is 14.2. The molecule has 2 aromatic carbocycles. The van der Waals surface area contributed by atoms with Gasteiger partial charge >= 0.3 is 5.97 Å². The molecule has 20 heteroatoms. The summed E-state index contributed by atoms with van der Waals surface area (Å²) in [6.45, 7) is 6.92. The SMILES string of the molecule is CC1(C)C(C=CC=CC=C2N(CCCS(=O)(=O)O)c3cc(S(=O)(=O)O)cc(S(=O)(=O)O)c3C2(C)C)=[N+](CCCS(=O)(=O)O)c2ccc(C(=O)O)cc21. The van der Waals surface area contributed by atoms with Crippen molar-refractivity contribution in [3.8, 4) is 0 Å². The lowest BCUT2D eigenvalue weighted by Gasteiger charge is -2.27. The minimum Gasteiger partial charge on any atom is -0.478 e. The van der Waals surface area contributed by atoms with Gasteiger partial charge in [-0.05, 0) is 50.6 Å². The van der Waals surface area contributed by atoms with E-state index in [2.05, 4.69) is 0 Å². The van der Waals surface area contributed by atoms with Gasteiger partial charge in [0.15, 0.2) is 5.71 Å². The third kappa shape index (κ3) is 8.88. The van der Waals surface area contributed by atoms with Crippen LogP contribution in [0.2, 0.25) is 0 Å². The zero-order valence-corrected chi connectivity index (χ0v) is 31.7. The van der Waals surface area contributed by atoms with Crippen LogP contribution >= 0.6 is 0 Å². The van der Waals surface area contributed by atoms with Crippen LogP contribution in [-0.2, 0) is 51.3 Å². The number of allylic oxidation sites excluding steroid dienone is 6. The molecular formula is C32H39N2O14S4+. The Hall–Kier alpha value is -3.76. The van der Waals surface area contributed by atoms with E-state index in [4.69, 9.17) is 0 Å². The Balaban J connectivity index is 1.80. The first-order chi connectivity index (χ1) is 23.7. The van der Waals surface area contributed by atoms with Gasteiger partial charge in [-0.2, -0.15) is 38.2 Å². The number of carbonyl (C=O) groups is 1. The van der Waals surface area contributed by atoms with Crippen LogP contribution in [-0.4, -0.2) is 97.8 Å². The largest absolute Gasteiger partial charge is 0.478 e. The molecule has 0 spiro atoms. The van der Waals surface area contributed by atoms with Crippen molar-refractivity contribution in [2.24, 2.45) is 0 Å². The molecular weight excluding hydrogens is 765 g/mol. The molecule has 0 saturated heterocycles. The van der Waals surface area contributed by atoms with Crippen molar-refractivity contribution < 1.29 is 66.4 Å².